The van der Waals surface area contributed by atoms with E-state index in [1.807, 2.05) is 37.2 Å². The van der Waals surface area contributed by atoms with E-state index in [0.717, 1.165) is 17.0 Å². The van der Waals surface area contributed by atoms with Crippen molar-refractivity contribution >= 4 is 17.2 Å². The number of rotatable bonds is 5. The van der Waals surface area contributed by atoms with Gasteiger partial charge >= 0.3 is 0 Å². The number of amides is 1. The Balaban J connectivity index is 1.95. The number of hydrogen-bond acceptors (Lipinski definition) is 4. The summed E-state index contributed by atoms with van der Waals surface area (Å²) in [6.07, 6.45) is 1.16. The summed E-state index contributed by atoms with van der Waals surface area (Å²) in [6, 6.07) is 4.19. The fraction of sp³-hybridized carbons (Fsp3) is 0.467. The highest BCUT2D eigenvalue weighted by Gasteiger charge is 2.19. The van der Waals surface area contributed by atoms with Crippen LogP contribution in [0.1, 0.15) is 41.3 Å². The molecule has 0 aliphatic rings. The monoisotopic (exact) mass is 292 g/mol. The Bertz CT molecular complexity index is 555. The topological polar surface area (TPSA) is 46.3 Å². The Labute approximate surface area is 123 Å². The molecule has 1 unspecified atom stereocenters. The fourth-order valence-corrected chi connectivity index (χ4v) is 3.03. The van der Waals surface area contributed by atoms with Gasteiger partial charge in [0.2, 0.25) is 5.91 Å². The first-order valence-corrected chi connectivity index (χ1v) is 7.59. The normalized spacial score (nSPS) is 12.4. The van der Waals surface area contributed by atoms with E-state index < -0.39 is 0 Å². The lowest BCUT2D eigenvalue weighted by Crippen LogP contribution is -2.29. The summed E-state index contributed by atoms with van der Waals surface area (Å²) >= 11 is 1.68. The van der Waals surface area contributed by atoms with Crippen LogP contribution in [0.5, 0.6) is 0 Å². The van der Waals surface area contributed by atoms with Crippen LogP contribution in [0, 0.1) is 13.8 Å². The molecule has 2 aromatic heterocycles. The van der Waals surface area contributed by atoms with Crippen LogP contribution in [0.25, 0.3) is 0 Å². The van der Waals surface area contributed by atoms with Gasteiger partial charge in [-0.25, -0.2) is 0 Å². The maximum absolute atomic E-state index is 12.3. The first-order chi connectivity index (χ1) is 9.50. The lowest BCUT2D eigenvalue weighted by atomic mass is 10.1. The Morgan fingerprint density at radius 3 is 2.80 bits per heavy atom. The molecule has 5 heteroatoms. The standard InChI is InChI=1S/C15H20N2O2S/c1-10-13(12(3)19-16-10)7-8-15(18)17(4)11(2)14-6-5-9-20-14/h5-6,9,11H,7-8H2,1-4H3. The molecule has 1 atom stereocenters. The minimum Gasteiger partial charge on any atom is -0.361 e. The van der Waals surface area contributed by atoms with Crippen molar-refractivity contribution in [1.82, 2.24) is 10.1 Å². The van der Waals surface area contributed by atoms with Gasteiger partial charge in [-0.3, -0.25) is 4.79 Å². The molecule has 0 spiro atoms. The van der Waals surface area contributed by atoms with E-state index in [0.29, 0.717) is 12.8 Å². The predicted molar refractivity (Wildman–Crippen MR) is 79.8 cm³/mol. The van der Waals surface area contributed by atoms with Gasteiger partial charge in [-0.1, -0.05) is 11.2 Å². The second-order valence-corrected chi connectivity index (χ2v) is 5.98. The second-order valence-electron chi connectivity index (χ2n) is 5.00. The molecule has 1 amide bonds. The van der Waals surface area contributed by atoms with Crippen molar-refractivity contribution in [3.63, 3.8) is 0 Å². The number of aromatic nitrogens is 1. The largest absolute Gasteiger partial charge is 0.361 e. The molecule has 2 heterocycles. The van der Waals surface area contributed by atoms with E-state index in [4.69, 9.17) is 4.52 Å². The maximum atomic E-state index is 12.3. The molecule has 0 fully saturated rings. The molecule has 2 rings (SSSR count). The van der Waals surface area contributed by atoms with Crippen molar-refractivity contribution in [1.29, 1.82) is 0 Å². The van der Waals surface area contributed by atoms with Crippen molar-refractivity contribution in [2.45, 2.75) is 39.7 Å². The lowest BCUT2D eigenvalue weighted by Gasteiger charge is -2.24. The van der Waals surface area contributed by atoms with Crippen molar-refractivity contribution in [3.05, 3.63) is 39.4 Å². The van der Waals surface area contributed by atoms with Crippen LogP contribution in [0.4, 0.5) is 0 Å². The molecule has 108 valence electrons. The van der Waals surface area contributed by atoms with Crippen LogP contribution in [0.15, 0.2) is 22.0 Å². The fourth-order valence-electron chi connectivity index (χ4n) is 2.20. The zero-order valence-corrected chi connectivity index (χ0v) is 13.2. The zero-order chi connectivity index (χ0) is 14.7. The van der Waals surface area contributed by atoms with Gasteiger partial charge in [0.05, 0.1) is 11.7 Å². The average Bonchev–Trinajstić information content (AvgIpc) is 3.06. The Kier molecular flexibility index (Phi) is 4.60. The lowest BCUT2D eigenvalue weighted by molar-refractivity contribution is -0.131. The molecule has 0 bridgehead atoms. The summed E-state index contributed by atoms with van der Waals surface area (Å²) in [5.41, 5.74) is 1.93. The highest BCUT2D eigenvalue weighted by molar-refractivity contribution is 7.10. The second kappa shape index (κ2) is 6.22. The average molecular weight is 292 g/mol. The predicted octanol–water partition coefficient (Wildman–Crippen LogP) is 3.51. The van der Waals surface area contributed by atoms with Crippen LogP contribution < -0.4 is 0 Å². The van der Waals surface area contributed by atoms with Crippen LogP contribution in [-0.2, 0) is 11.2 Å². The molecule has 0 aliphatic carbocycles. The van der Waals surface area contributed by atoms with Gasteiger partial charge in [-0.15, -0.1) is 11.3 Å². The highest BCUT2D eigenvalue weighted by atomic mass is 32.1. The van der Waals surface area contributed by atoms with E-state index in [9.17, 15) is 4.79 Å². The molecule has 0 aromatic carbocycles. The summed E-state index contributed by atoms with van der Waals surface area (Å²) in [7, 11) is 1.86. The third-order valence-corrected chi connectivity index (χ3v) is 4.74. The quantitative estimate of drug-likeness (QED) is 0.847. The van der Waals surface area contributed by atoms with Crippen molar-refractivity contribution in [2.24, 2.45) is 0 Å². The Morgan fingerprint density at radius 1 is 1.50 bits per heavy atom. The summed E-state index contributed by atoms with van der Waals surface area (Å²) in [5, 5.41) is 5.95. The number of hydrogen-bond donors (Lipinski definition) is 0. The van der Waals surface area contributed by atoms with Crippen LogP contribution >= 0.6 is 11.3 Å². The van der Waals surface area contributed by atoms with E-state index in [2.05, 4.69) is 18.1 Å². The van der Waals surface area contributed by atoms with Gasteiger partial charge in [0.25, 0.3) is 0 Å². The highest BCUT2D eigenvalue weighted by Crippen LogP contribution is 2.24. The van der Waals surface area contributed by atoms with E-state index in [1.165, 1.54) is 4.88 Å². The van der Waals surface area contributed by atoms with Crippen LogP contribution in [0.3, 0.4) is 0 Å². The van der Waals surface area contributed by atoms with Crippen molar-refractivity contribution in [3.8, 4) is 0 Å². The molecular weight excluding hydrogens is 272 g/mol. The van der Waals surface area contributed by atoms with Gasteiger partial charge in [-0.05, 0) is 38.6 Å². The SMILES string of the molecule is Cc1noc(C)c1CCC(=O)N(C)C(C)c1cccs1. The van der Waals surface area contributed by atoms with E-state index in [1.54, 1.807) is 11.3 Å². The molecule has 0 radical (unpaired) electrons. The van der Waals surface area contributed by atoms with Gasteiger partial charge in [0.15, 0.2) is 0 Å². The van der Waals surface area contributed by atoms with Gasteiger partial charge in [-0.2, -0.15) is 0 Å². The molecule has 2 aromatic rings. The smallest absolute Gasteiger partial charge is 0.223 e. The summed E-state index contributed by atoms with van der Waals surface area (Å²) in [6.45, 7) is 5.85. The maximum Gasteiger partial charge on any atom is 0.223 e. The Hall–Kier alpha value is -1.62. The summed E-state index contributed by atoms with van der Waals surface area (Å²) in [4.78, 5) is 15.3. The molecule has 20 heavy (non-hydrogen) atoms. The third-order valence-electron chi connectivity index (χ3n) is 3.70. The number of aryl methyl sites for hydroxylation is 2. The minimum absolute atomic E-state index is 0.118. The van der Waals surface area contributed by atoms with E-state index in [-0.39, 0.29) is 11.9 Å². The summed E-state index contributed by atoms with van der Waals surface area (Å²) < 4.78 is 5.12. The molecular formula is C15H20N2O2S. The third kappa shape index (κ3) is 3.10. The Morgan fingerprint density at radius 2 is 2.25 bits per heavy atom. The molecule has 0 saturated carbocycles. The van der Waals surface area contributed by atoms with Crippen molar-refractivity contribution < 1.29 is 9.32 Å². The van der Waals surface area contributed by atoms with Gasteiger partial charge < -0.3 is 9.42 Å². The van der Waals surface area contributed by atoms with Gasteiger partial charge in [0, 0.05) is 23.9 Å². The number of nitrogens with zero attached hydrogens (tertiary/aromatic N) is 2. The minimum atomic E-state index is 0.118. The molecule has 0 aliphatic heterocycles. The molecule has 4 nitrogen and oxygen atoms in total. The zero-order valence-electron chi connectivity index (χ0n) is 12.3. The van der Waals surface area contributed by atoms with E-state index >= 15 is 0 Å². The first-order valence-electron chi connectivity index (χ1n) is 6.71. The number of carbonyl (C=O) groups excluding carboxylic acids is 1. The number of thiophene rings is 1. The first kappa shape index (κ1) is 14.8. The van der Waals surface area contributed by atoms with Crippen LogP contribution in [0.2, 0.25) is 0 Å². The summed E-state index contributed by atoms with van der Waals surface area (Å²) in [5.74, 6) is 0.954. The van der Waals surface area contributed by atoms with Crippen LogP contribution in [-0.4, -0.2) is 23.0 Å². The van der Waals surface area contributed by atoms with Crippen molar-refractivity contribution in [2.75, 3.05) is 7.05 Å². The number of carbonyl (C=O) groups is 1. The molecule has 0 saturated heterocycles. The van der Waals surface area contributed by atoms with Gasteiger partial charge in [0.1, 0.15) is 5.76 Å². The molecule has 0 N–H and O–H groups in total.